The molecule has 126 valence electrons. The fraction of sp³-hybridized carbons (Fsp3) is 0.647. The van der Waals surface area contributed by atoms with Crippen molar-refractivity contribution in [3.63, 3.8) is 0 Å². The van der Waals surface area contributed by atoms with Crippen LogP contribution in [0.3, 0.4) is 0 Å². The van der Waals surface area contributed by atoms with Crippen LogP contribution in [0.4, 0.5) is 0 Å². The summed E-state index contributed by atoms with van der Waals surface area (Å²) < 4.78 is 5.36. The van der Waals surface area contributed by atoms with Gasteiger partial charge in [-0.15, -0.1) is 0 Å². The summed E-state index contributed by atoms with van der Waals surface area (Å²) in [6.45, 7) is 7.48. The molecule has 2 saturated heterocycles. The lowest BCUT2D eigenvalue weighted by Gasteiger charge is -2.39. The molecular formula is C17H26N4O2. The highest BCUT2D eigenvalue weighted by molar-refractivity contribution is 5.82. The maximum Gasteiger partial charge on any atom is 0.223 e. The van der Waals surface area contributed by atoms with Crippen molar-refractivity contribution in [1.82, 2.24) is 15.1 Å². The Morgan fingerprint density at radius 1 is 1.48 bits per heavy atom. The van der Waals surface area contributed by atoms with Crippen LogP contribution in [0.2, 0.25) is 0 Å². The lowest BCUT2D eigenvalue weighted by Crippen LogP contribution is -2.56. The van der Waals surface area contributed by atoms with Gasteiger partial charge in [-0.25, -0.2) is 0 Å². The Balaban J connectivity index is 1.62. The summed E-state index contributed by atoms with van der Waals surface area (Å²) in [7, 11) is 0. The average molecular weight is 318 g/mol. The molecule has 6 nitrogen and oxygen atoms in total. The largest absolute Gasteiger partial charge is 0.469 e. The molecule has 0 radical (unpaired) electrons. The van der Waals surface area contributed by atoms with Gasteiger partial charge in [0.15, 0.2) is 5.96 Å². The third kappa shape index (κ3) is 3.86. The van der Waals surface area contributed by atoms with Crippen LogP contribution in [0.15, 0.2) is 27.8 Å². The zero-order chi connectivity index (χ0) is 16.2. The first-order valence-electron chi connectivity index (χ1n) is 8.51. The van der Waals surface area contributed by atoms with Crippen molar-refractivity contribution in [3.05, 3.63) is 24.2 Å². The van der Waals surface area contributed by atoms with Gasteiger partial charge in [0, 0.05) is 51.1 Å². The maximum atomic E-state index is 11.8. The molecule has 23 heavy (non-hydrogen) atoms. The Bertz CT molecular complexity index is 553. The molecule has 1 N–H and O–H groups in total. The van der Waals surface area contributed by atoms with Crippen LogP contribution in [-0.4, -0.2) is 59.9 Å². The molecule has 1 unspecified atom stereocenters. The maximum absolute atomic E-state index is 11.8. The summed E-state index contributed by atoms with van der Waals surface area (Å²) >= 11 is 0. The van der Waals surface area contributed by atoms with Crippen molar-refractivity contribution in [2.24, 2.45) is 4.99 Å². The third-order valence-electron chi connectivity index (χ3n) is 4.41. The van der Waals surface area contributed by atoms with Crippen LogP contribution in [0, 0.1) is 0 Å². The molecule has 3 heterocycles. The van der Waals surface area contributed by atoms with E-state index in [1.807, 2.05) is 17.0 Å². The number of carbonyl (C=O) groups is 1. The minimum atomic E-state index is 0.308. The van der Waals surface area contributed by atoms with Gasteiger partial charge in [0.25, 0.3) is 0 Å². The predicted octanol–water partition coefficient (Wildman–Crippen LogP) is 1.48. The molecule has 3 rings (SSSR count). The van der Waals surface area contributed by atoms with Gasteiger partial charge >= 0.3 is 0 Å². The Kier molecular flexibility index (Phi) is 4.88. The van der Waals surface area contributed by atoms with Crippen LogP contribution in [0.5, 0.6) is 0 Å². The first-order chi connectivity index (χ1) is 11.1. The highest BCUT2D eigenvalue weighted by Crippen LogP contribution is 2.22. The van der Waals surface area contributed by atoms with Gasteiger partial charge in [-0.1, -0.05) is 0 Å². The number of rotatable bonds is 4. The number of piperazine rings is 1. The van der Waals surface area contributed by atoms with E-state index in [0.717, 1.165) is 44.2 Å². The molecule has 0 saturated carbocycles. The normalized spacial score (nSPS) is 22.0. The van der Waals surface area contributed by atoms with Crippen LogP contribution in [0.1, 0.15) is 32.4 Å². The van der Waals surface area contributed by atoms with Crippen LogP contribution in [0.25, 0.3) is 0 Å². The molecule has 1 aromatic heterocycles. The van der Waals surface area contributed by atoms with Gasteiger partial charge in [0.05, 0.1) is 6.26 Å². The molecule has 1 atom stereocenters. The average Bonchev–Trinajstić information content (AvgIpc) is 3.16. The van der Waals surface area contributed by atoms with Gasteiger partial charge < -0.3 is 19.5 Å². The van der Waals surface area contributed by atoms with E-state index in [0.29, 0.717) is 31.0 Å². The van der Waals surface area contributed by atoms with Gasteiger partial charge in [0.1, 0.15) is 5.76 Å². The van der Waals surface area contributed by atoms with Gasteiger partial charge in [0.2, 0.25) is 5.91 Å². The van der Waals surface area contributed by atoms with E-state index >= 15 is 0 Å². The molecule has 2 fully saturated rings. The Morgan fingerprint density at radius 2 is 2.35 bits per heavy atom. The van der Waals surface area contributed by atoms with Gasteiger partial charge in [-0.05, 0) is 32.4 Å². The lowest BCUT2D eigenvalue weighted by molar-refractivity contribution is -0.130. The van der Waals surface area contributed by atoms with Crippen LogP contribution < -0.4 is 5.32 Å². The molecule has 0 spiro atoms. The summed E-state index contributed by atoms with van der Waals surface area (Å²) in [6.07, 6.45) is 4.17. The van der Waals surface area contributed by atoms with E-state index < -0.39 is 0 Å². The predicted molar refractivity (Wildman–Crippen MR) is 89.3 cm³/mol. The lowest BCUT2D eigenvalue weighted by atomic mass is 10.1. The zero-order valence-electron chi connectivity index (χ0n) is 14.0. The number of nitrogens with zero attached hydrogens (tertiary/aromatic N) is 3. The Labute approximate surface area is 137 Å². The van der Waals surface area contributed by atoms with Crippen molar-refractivity contribution < 1.29 is 9.21 Å². The quantitative estimate of drug-likeness (QED) is 0.675. The van der Waals surface area contributed by atoms with E-state index in [4.69, 9.17) is 9.41 Å². The molecule has 1 aromatic rings. The molecule has 0 aliphatic carbocycles. The zero-order valence-corrected chi connectivity index (χ0v) is 14.0. The first kappa shape index (κ1) is 15.9. The van der Waals surface area contributed by atoms with Crippen LogP contribution in [-0.2, 0) is 11.2 Å². The highest BCUT2D eigenvalue weighted by atomic mass is 16.3. The number of furan rings is 1. The molecule has 0 aromatic carbocycles. The SMILES string of the molecule is CC(C)NC(=NCCc1ccco1)N1CCN2C(=O)CCC2C1. The second-order valence-corrected chi connectivity index (χ2v) is 6.56. The summed E-state index contributed by atoms with van der Waals surface area (Å²) in [5, 5.41) is 3.46. The standard InChI is InChI=1S/C17H26N4O2/c1-13(2)19-17(18-8-7-15-4-3-11-23-15)20-9-10-21-14(12-20)5-6-16(21)22/h3-4,11,13-14H,5-10,12H2,1-2H3,(H,18,19). The molecule has 2 aliphatic heterocycles. The van der Waals surface area contributed by atoms with E-state index in [-0.39, 0.29) is 0 Å². The number of amides is 1. The molecule has 6 heteroatoms. The number of fused-ring (bicyclic) bond motifs is 1. The number of nitrogens with one attached hydrogen (secondary N) is 1. The van der Waals surface area contributed by atoms with E-state index in [9.17, 15) is 4.79 Å². The molecule has 2 aliphatic rings. The van der Waals surface area contributed by atoms with Gasteiger partial charge in [-0.3, -0.25) is 9.79 Å². The number of guanidine groups is 1. The van der Waals surface area contributed by atoms with Crippen molar-refractivity contribution in [3.8, 4) is 0 Å². The first-order valence-corrected chi connectivity index (χ1v) is 8.51. The second-order valence-electron chi connectivity index (χ2n) is 6.56. The molecule has 0 bridgehead atoms. The van der Waals surface area contributed by atoms with Crippen molar-refractivity contribution in [1.29, 1.82) is 0 Å². The number of aliphatic imine (C=N–C) groups is 1. The summed E-state index contributed by atoms with van der Waals surface area (Å²) in [5.41, 5.74) is 0. The van der Waals surface area contributed by atoms with Crippen molar-refractivity contribution in [2.75, 3.05) is 26.2 Å². The van der Waals surface area contributed by atoms with E-state index in [1.54, 1.807) is 6.26 Å². The van der Waals surface area contributed by atoms with Gasteiger partial charge in [-0.2, -0.15) is 0 Å². The highest BCUT2D eigenvalue weighted by Gasteiger charge is 2.36. The topological polar surface area (TPSA) is 61.1 Å². The monoisotopic (exact) mass is 318 g/mol. The smallest absolute Gasteiger partial charge is 0.223 e. The Morgan fingerprint density at radius 3 is 3.09 bits per heavy atom. The minimum Gasteiger partial charge on any atom is -0.469 e. The van der Waals surface area contributed by atoms with Crippen LogP contribution >= 0.6 is 0 Å². The summed E-state index contributed by atoms with van der Waals surface area (Å²) in [5.74, 6) is 2.22. The molecule has 1 amide bonds. The fourth-order valence-electron chi connectivity index (χ4n) is 3.28. The number of carbonyl (C=O) groups excluding carboxylic acids is 1. The summed E-state index contributed by atoms with van der Waals surface area (Å²) in [4.78, 5) is 20.9. The minimum absolute atomic E-state index is 0.308. The fourth-order valence-corrected chi connectivity index (χ4v) is 3.28. The second kappa shape index (κ2) is 7.06. The number of hydrogen-bond donors (Lipinski definition) is 1. The van der Waals surface area contributed by atoms with Crippen molar-refractivity contribution >= 4 is 11.9 Å². The third-order valence-corrected chi connectivity index (χ3v) is 4.41. The van der Waals surface area contributed by atoms with E-state index in [2.05, 4.69) is 24.1 Å². The molecular weight excluding hydrogens is 292 g/mol. The Hall–Kier alpha value is -1.98. The van der Waals surface area contributed by atoms with Crippen molar-refractivity contribution in [2.45, 2.75) is 45.2 Å². The van der Waals surface area contributed by atoms with E-state index in [1.165, 1.54) is 0 Å². The summed E-state index contributed by atoms with van der Waals surface area (Å²) in [6, 6.07) is 4.57. The number of hydrogen-bond acceptors (Lipinski definition) is 3.